The van der Waals surface area contributed by atoms with Gasteiger partial charge in [0.15, 0.2) is 11.6 Å². The lowest BCUT2D eigenvalue weighted by Crippen LogP contribution is -2.49. The Kier molecular flexibility index (Phi) is 2.37. The number of hydrazine groups is 1. The highest BCUT2D eigenvalue weighted by Gasteiger charge is 2.53. The summed E-state index contributed by atoms with van der Waals surface area (Å²) in [6, 6.07) is 0. The number of hydrogen-bond acceptors (Lipinski definition) is 5. The van der Waals surface area contributed by atoms with Crippen LogP contribution in [0.4, 0.5) is 5.82 Å². The Morgan fingerprint density at radius 2 is 1.63 bits per heavy atom. The van der Waals surface area contributed by atoms with Gasteiger partial charge < -0.3 is 5.43 Å². The van der Waals surface area contributed by atoms with Crippen LogP contribution >= 0.6 is 0 Å². The van der Waals surface area contributed by atoms with Gasteiger partial charge in [0, 0.05) is 5.41 Å². The van der Waals surface area contributed by atoms with Crippen molar-refractivity contribution >= 4 is 5.82 Å². The predicted molar refractivity (Wildman–Crippen MR) is 72.2 cm³/mol. The first-order valence-electron chi connectivity index (χ1n) is 7.37. The van der Waals surface area contributed by atoms with E-state index in [0.29, 0.717) is 5.82 Å². The molecule has 0 unspecified atom stereocenters. The van der Waals surface area contributed by atoms with E-state index in [2.05, 4.69) is 20.6 Å². The molecule has 1 heterocycles. The number of nitrogens with one attached hydrogen (secondary N) is 1. The predicted octanol–water partition coefficient (Wildman–Crippen LogP) is 1.93. The molecule has 102 valence electrons. The Morgan fingerprint density at radius 1 is 1.05 bits per heavy atom. The molecule has 0 amide bonds. The van der Waals surface area contributed by atoms with E-state index in [1.165, 1.54) is 38.5 Å². The summed E-state index contributed by atoms with van der Waals surface area (Å²) in [5, 5.41) is 8.67. The molecule has 4 bridgehead atoms. The summed E-state index contributed by atoms with van der Waals surface area (Å²) in [6.07, 6.45) is 8.07. The second-order valence-corrected chi connectivity index (χ2v) is 6.91. The fourth-order valence-electron chi connectivity index (χ4n) is 5.12. The molecule has 1 aromatic rings. The summed E-state index contributed by atoms with van der Waals surface area (Å²) in [5.74, 6) is 9.83. The molecule has 0 aromatic carbocycles. The molecular formula is C14H21N5. The van der Waals surface area contributed by atoms with Crippen LogP contribution in [-0.4, -0.2) is 15.2 Å². The van der Waals surface area contributed by atoms with Crippen LogP contribution in [0, 0.1) is 24.7 Å². The highest BCUT2D eigenvalue weighted by Crippen LogP contribution is 2.60. The monoisotopic (exact) mass is 259 g/mol. The van der Waals surface area contributed by atoms with E-state index in [0.717, 1.165) is 29.3 Å². The van der Waals surface area contributed by atoms with Gasteiger partial charge >= 0.3 is 0 Å². The van der Waals surface area contributed by atoms with Gasteiger partial charge in [-0.3, -0.25) is 0 Å². The normalized spacial score (nSPS) is 39.6. The summed E-state index contributed by atoms with van der Waals surface area (Å²) >= 11 is 0. The van der Waals surface area contributed by atoms with E-state index in [1.54, 1.807) is 0 Å². The standard InChI is InChI=1S/C14H21N5/c1-8-12(17-15)16-13(19-18-8)14-5-9-2-10(6-14)4-11(3-9)7-14/h9-11H,2-7,15H2,1H3,(H,16,17,19). The summed E-state index contributed by atoms with van der Waals surface area (Å²) in [7, 11) is 0. The maximum Gasteiger partial charge on any atom is 0.165 e. The molecule has 0 spiro atoms. The molecule has 1 aromatic heterocycles. The molecule has 5 heteroatoms. The van der Waals surface area contributed by atoms with E-state index < -0.39 is 0 Å². The molecule has 5 rings (SSSR count). The Morgan fingerprint density at radius 3 is 2.16 bits per heavy atom. The van der Waals surface area contributed by atoms with Crippen LogP contribution in [0.25, 0.3) is 0 Å². The van der Waals surface area contributed by atoms with Crippen molar-refractivity contribution in [2.75, 3.05) is 5.43 Å². The number of hydrogen-bond donors (Lipinski definition) is 2. The number of aromatic nitrogens is 3. The first-order chi connectivity index (χ1) is 9.18. The lowest BCUT2D eigenvalue weighted by molar-refractivity contribution is -0.00981. The van der Waals surface area contributed by atoms with Crippen LogP contribution < -0.4 is 11.3 Å². The minimum atomic E-state index is 0.195. The molecule has 0 saturated heterocycles. The maximum absolute atomic E-state index is 5.53. The van der Waals surface area contributed by atoms with Crippen molar-refractivity contribution in [3.8, 4) is 0 Å². The van der Waals surface area contributed by atoms with Crippen molar-refractivity contribution in [2.45, 2.75) is 50.9 Å². The van der Waals surface area contributed by atoms with E-state index >= 15 is 0 Å². The lowest BCUT2D eigenvalue weighted by Gasteiger charge is -2.55. The van der Waals surface area contributed by atoms with Crippen molar-refractivity contribution in [1.82, 2.24) is 15.2 Å². The average molecular weight is 259 g/mol. The van der Waals surface area contributed by atoms with Gasteiger partial charge in [0.1, 0.15) is 5.69 Å². The van der Waals surface area contributed by atoms with Crippen molar-refractivity contribution in [1.29, 1.82) is 0 Å². The highest BCUT2D eigenvalue weighted by molar-refractivity contribution is 5.37. The highest BCUT2D eigenvalue weighted by atomic mass is 15.3. The Bertz CT molecular complexity index is 477. The molecule has 4 fully saturated rings. The Balaban J connectivity index is 1.75. The molecule has 19 heavy (non-hydrogen) atoms. The zero-order chi connectivity index (χ0) is 13.0. The van der Waals surface area contributed by atoms with E-state index in [9.17, 15) is 0 Å². The fraction of sp³-hybridized carbons (Fsp3) is 0.786. The lowest BCUT2D eigenvalue weighted by atomic mass is 9.49. The molecule has 3 N–H and O–H groups in total. The zero-order valence-electron chi connectivity index (χ0n) is 11.4. The second kappa shape index (κ2) is 3.88. The molecule has 0 atom stereocenters. The van der Waals surface area contributed by atoms with Crippen molar-refractivity contribution in [2.24, 2.45) is 23.6 Å². The van der Waals surface area contributed by atoms with Crippen molar-refractivity contribution in [3.63, 3.8) is 0 Å². The number of aryl methyl sites for hydroxylation is 1. The molecular weight excluding hydrogens is 238 g/mol. The van der Waals surface area contributed by atoms with Gasteiger partial charge in [-0.25, -0.2) is 10.8 Å². The molecule has 5 nitrogen and oxygen atoms in total. The van der Waals surface area contributed by atoms with E-state index in [-0.39, 0.29) is 5.41 Å². The van der Waals surface area contributed by atoms with Crippen LogP contribution in [0.1, 0.15) is 50.0 Å². The maximum atomic E-state index is 5.53. The van der Waals surface area contributed by atoms with Crippen molar-refractivity contribution < 1.29 is 0 Å². The fourth-order valence-corrected chi connectivity index (χ4v) is 5.12. The van der Waals surface area contributed by atoms with Gasteiger partial charge in [-0.1, -0.05) is 0 Å². The van der Waals surface area contributed by atoms with Crippen LogP contribution in [0.2, 0.25) is 0 Å². The topological polar surface area (TPSA) is 76.7 Å². The number of anilines is 1. The largest absolute Gasteiger partial charge is 0.307 e. The van der Waals surface area contributed by atoms with Crippen LogP contribution in [0.5, 0.6) is 0 Å². The molecule has 4 aliphatic carbocycles. The number of nitrogens with zero attached hydrogens (tertiary/aromatic N) is 3. The first-order valence-corrected chi connectivity index (χ1v) is 7.37. The van der Waals surface area contributed by atoms with Crippen LogP contribution in [-0.2, 0) is 5.41 Å². The van der Waals surface area contributed by atoms with Gasteiger partial charge in [0.25, 0.3) is 0 Å². The Labute approximate surface area is 113 Å². The van der Waals surface area contributed by atoms with Crippen molar-refractivity contribution in [3.05, 3.63) is 11.5 Å². The zero-order valence-corrected chi connectivity index (χ0v) is 11.4. The summed E-state index contributed by atoms with van der Waals surface area (Å²) in [6.45, 7) is 1.89. The minimum Gasteiger partial charge on any atom is -0.307 e. The quantitative estimate of drug-likeness (QED) is 0.627. The van der Waals surface area contributed by atoms with Gasteiger partial charge in [-0.05, 0) is 63.2 Å². The summed E-state index contributed by atoms with van der Waals surface area (Å²) in [5.41, 5.74) is 3.62. The molecule has 0 aliphatic heterocycles. The molecule has 4 saturated carbocycles. The van der Waals surface area contributed by atoms with E-state index in [4.69, 9.17) is 5.84 Å². The Hall–Kier alpha value is -1.23. The summed E-state index contributed by atoms with van der Waals surface area (Å²) in [4.78, 5) is 4.67. The smallest absolute Gasteiger partial charge is 0.165 e. The van der Waals surface area contributed by atoms with Crippen LogP contribution in [0.15, 0.2) is 0 Å². The number of nitrogen functional groups attached to an aromatic ring is 1. The second-order valence-electron chi connectivity index (χ2n) is 6.91. The molecule has 0 radical (unpaired) electrons. The first kappa shape index (κ1) is 11.6. The third-order valence-electron chi connectivity index (χ3n) is 5.50. The third-order valence-corrected chi connectivity index (χ3v) is 5.50. The van der Waals surface area contributed by atoms with Crippen LogP contribution in [0.3, 0.4) is 0 Å². The van der Waals surface area contributed by atoms with Gasteiger partial charge in [-0.15, -0.1) is 5.10 Å². The van der Waals surface area contributed by atoms with E-state index in [1.807, 2.05) is 6.92 Å². The summed E-state index contributed by atoms with van der Waals surface area (Å²) < 4.78 is 0. The van der Waals surface area contributed by atoms with Gasteiger partial charge in [0.2, 0.25) is 0 Å². The molecule has 4 aliphatic rings. The van der Waals surface area contributed by atoms with Gasteiger partial charge in [0.05, 0.1) is 0 Å². The SMILES string of the molecule is Cc1nnc(C23CC4CC(CC(C4)C2)C3)nc1NN. The number of nitrogens with two attached hydrogens (primary N) is 1. The number of rotatable bonds is 2. The average Bonchev–Trinajstić information content (AvgIpc) is 2.37. The minimum absolute atomic E-state index is 0.195. The van der Waals surface area contributed by atoms with Gasteiger partial charge in [-0.2, -0.15) is 5.10 Å². The third kappa shape index (κ3) is 1.67.